The molecule has 0 fully saturated rings. The molecule has 4 amide bonds. The van der Waals surface area contributed by atoms with Crippen LogP contribution in [-0.2, 0) is 22.8 Å². The van der Waals surface area contributed by atoms with Crippen molar-refractivity contribution in [2.45, 2.75) is 85.1 Å². The van der Waals surface area contributed by atoms with Crippen LogP contribution in [0.1, 0.15) is 126 Å². The highest BCUT2D eigenvalue weighted by atomic mass is 16.5. The molecule has 0 saturated heterocycles. The van der Waals surface area contributed by atoms with Crippen molar-refractivity contribution in [3.8, 4) is 17.2 Å². The van der Waals surface area contributed by atoms with E-state index in [4.69, 9.17) is 4.74 Å². The average Bonchev–Trinajstić information content (AvgIpc) is 3.40. The maximum Gasteiger partial charge on any atom is 0.266 e. The van der Waals surface area contributed by atoms with Crippen molar-refractivity contribution in [1.82, 2.24) is 4.90 Å². The summed E-state index contributed by atoms with van der Waals surface area (Å²) in [7, 11) is 0. The molecule has 0 radical (unpaired) electrons. The molecule has 252 valence electrons. The SMILES string of the molecule is CC(C)(C)c1ccc2c(c1)C(=O)N(Cc1cccc(N3C(=O)c4ccc(Oc5cc(C(C)(C)C)c(O)cc5C(C)(C)C)cc4C3=O)c1)C2=O. The second-order valence-corrected chi connectivity index (χ2v) is 16.0. The molecule has 0 spiro atoms. The highest BCUT2D eigenvalue weighted by Gasteiger charge is 2.39. The number of anilines is 1. The van der Waals surface area contributed by atoms with Gasteiger partial charge < -0.3 is 9.84 Å². The molecule has 1 N–H and O–H groups in total. The van der Waals surface area contributed by atoms with Gasteiger partial charge in [-0.2, -0.15) is 0 Å². The van der Waals surface area contributed by atoms with Crippen LogP contribution in [0.5, 0.6) is 17.2 Å². The number of carbonyl (C=O) groups is 4. The van der Waals surface area contributed by atoms with Crippen LogP contribution in [-0.4, -0.2) is 33.6 Å². The van der Waals surface area contributed by atoms with E-state index in [1.165, 1.54) is 4.90 Å². The summed E-state index contributed by atoms with van der Waals surface area (Å²) in [5.41, 5.74) is 3.73. The number of phenols is 1. The third-order valence-corrected chi connectivity index (χ3v) is 9.15. The Morgan fingerprint density at radius 2 is 1.18 bits per heavy atom. The van der Waals surface area contributed by atoms with E-state index in [0.29, 0.717) is 33.9 Å². The monoisotopic (exact) mass is 658 g/mol. The van der Waals surface area contributed by atoms with Gasteiger partial charge in [0.15, 0.2) is 0 Å². The third-order valence-electron chi connectivity index (χ3n) is 9.15. The number of rotatable bonds is 5. The Morgan fingerprint density at radius 1 is 0.592 bits per heavy atom. The number of benzene rings is 4. The van der Waals surface area contributed by atoms with Crippen LogP contribution in [0, 0.1) is 0 Å². The summed E-state index contributed by atoms with van der Waals surface area (Å²) in [4.78, 5) is 56.3. The predicted molar refractivity (Wildman–Crippen MR) is 189 cm³/mol. The van der Waals surface area contributed by atoms with E-state index in [2.05, 4.69) is 0 Å². The second-order valence-electron chi connectivity index (χ2n) is 16.0. The zero-order valence-corrected chi connectivity index (χ0v) is 29.5. The molecule has 8 heteroatoms. The van der Waals surface area contributed by atoms with Gasteiger partial charge in [-0.15, -0.1) is 0 Å². The third kappa shape index (κ3) is 6.01. The minimum Gasteiger partial charge on any atom is -0.508 e. The van der Waals surface area contributed by atoms with Crippen LogP contribution in [0.2, 0.25) is 0 Å². The van der Waals surface area contributed by atoms with E-state index < -0.39 is 11.8 Å². The van der Waals surface area contributed by atoms with Crippen molar-refractivity contribution >= 4 is 29.3 Å². The first kappa shape index (κ1) is 33.7. The molecule has 2 aliphatic rings. The first-order chi connectivity index (χ1) is 22.8. The van der Waals surface area contributed by atoms with E-state index in [0.717, 1.165) is 21.6 Å². The Bertz CT molecular complexity index is 2070. The minimum absolute atomic E-state index is 0.00844. The Morgan fingerprint density at radius 3 is 1.84 bits per heavy atom. The molecule has 4 aromatic carbocycles. The Labute approximate surface area is 287 Å². The smallest absolute Gasteiger partial charge is 0.266 e. The summed E-state index contributed by atoms with van der Waals surface area (Å²) >= 11 is 0. The molecule has 0 saturated carbocycles. The Kier molecular flexibility index (Phi) is 7.85. The van der Waals surface area contributed by atoms with Crippen LogP contribution in [0.4, 0.5) is 5.69 Å². The normalized spacial score (nSPS) is 14.9. The van der Waals surface area contributed by atoms with E-state index in [1.807, 2.05) is 74.4 Å². The number of hydrogen-bond acceptors (Lipinski definition) is 6. The number of nitrogens with zero attached hydrogens (tertiary/aromatic N) is 2. The summed E-state index contributed by atoms with van der Waals surface area (Å²) < 4.78 is 6.38. The lowest BCUT2D eigenvalue weighted by molar-refractivity contribution is 0.0641. The summed E-state index contributed by atoms with van der Waals surface area (Å²) in [5, 5.41) is 10.8. The fraction of sp³-hybridized carbons (Fsp3) is 0.317. The van der Waals surface area contributed by atoms with Gasteiger partial charge >= 0.3 is 0 Å². The van der Waals surface area contributed by atoms with Gasteiger partial charge in [-0.05, 0) is 82.0 Å². The van der Waals surface area contributed by atoms with E-state index in [1.54, 1.807) is 60.7 Å². The molecule has 49 heavy (non-hydrogen) atoms. The molecule has 0 aromatic heterocycles. The van der Waals surface area contributed by atoms with Gasteiger partial charge in [-0.25, -0.2) is 4.90 Å². The van der Waals surface area contributed by atoms with Crippen molar-refractivity contribution in [3.63, 3.8) is 0 Å². The Hall–Kier alpha value is -5.24. The highest BCUT2D eigenvalue weighted by Crippen LogP contribution is 2.43. The topological polar surface area (TPSA) is 104 Å². The molecule has 6 rings (SSSR count). The number of amides is 4. The van der Waals surface area contributed by atoms with E-state index in [9.17, 15) is 24.3 Å². The van der Waals surface area contributed by atoms with Gasteiger partial charge in [0.1, 0.15) is 17.2 Å². The van der Waals surface area contributed by atoms with Crippen LogP contribution in [0.15, 0.2) is 72.8 Å². The van der Waals surface area contributed by atoms with Gasteiger partial charge in [-0.3, -0.25) is 24.1 Å². The Balaban J connectivity index is 1.26. The maximum atomic E-state index is 13.8. The lowest BCUT2D eigenvalue weighted by atomic mass is 9.81. The van der Waals surface area contributed by atoms with Gasteiger partial charge in [0.2, 0.25) is 0 Å². The first-order valence-corrected chi connectivity index (χ1v) is 16.4. The van der Waals surface area contributed by atoms with Gasteiger partial charge in [0.25, 0.3) is 23.6 Å². The van der Waals surface area contributed by atoms with Gasteiger partial charge in [0.05, 0.1) is 34.5 Å². The maximum absolute atomic E-state index is 13.8. The first-order valence-electron chi connectivity index (χ1n) is 16.4. The zero-order chi connectivity index (χ0) is 35.8. The van der Waals surface area contributed by atoms with Crippen molar-refractivity contribution in [3.05, 3.63) is 117 Å². The van der Waals surface area contributed by atoms with Crippen LogP contribution < -0.4 is 9.64 Å². The van der Waals surface area contributed by atoms with Crippen LogP contribution in [0.3, 0.4) is 0 Å². The predicted octanol–water partition coefficient (Wildman–Crippen LogP) is 8.67. The zero-order valence-electron chi connectivity index (χ0n) is 29.5. The molecule has 0 aliphatic carbocycles. The molecular formula is C41H42N2O6. The van der Waals surface area contributed by atoms with E-state index >= 15 is 0 Å². The average molecular weight is 659 g/mol. The van der Waals surface area contributed by atoms with Crippen LogP contribution in [0.25, 0.3) is 0 Å². The summed E-state index contributed by atoms with van der Waals surface area (Å²) in [6.45, 7) is 18.2. The standard InChI is InChI=1S/C41H42N2O6/c1-39(2,3)24-13-15-27-29(18-24)36(46)42(35(27)45)22-23-11-10-12-25(17-23)43-37(47)28-16-14-26(19-30(28)38(43)48)49-34-21-31(40(4,5)6)33(44)20-32(34)41(7,8)9/h10-21,44H,22H2,1-9H3. The number of phenolic OH excluding ortho intramolecular Hbond substituents is 1. The van der Waals surface area contributed by atoms with Crippen molar-refractivity contribution in [1.29, 1.82) is 0 Å². The summed E-state index contributed by atoms with van der Waals surface area (Å²) in [5.74, 6) is -0.606. The molecule has 2 aliphatic heterocycles. The minimum atomic E-state index is -0.504. The van der Waals surface area contributed by atoms with E-state index in [-0.39, 0.29) is 51.5 Å². The fourth-order valence-electron chi connectivity index (χ4n) is 6.36. The molecule has 0 bridgehead atoms. The molecule has 2 heterocycles. The lowest BCUT2D eigenvalue weighted by Crippen LogP contribution is -2.30. The number of fused-ring (bicyclic) bond motifs is 2. The lowest BCUT2D eigenvalue weighted by Gasteiger charge is -2.27. The van der Waals surface area contributed by atoms with Crippen molar-refractivity contribution in [2.24, 2.45) is 0 Å². The van der Waals surface area contributed by atoms with Gasteiger partial charge in [-0.1, -0.05) is 80.5 Å². The molecule has 4 aromatic rings. The molecule has 8 nitrogen and oxygen atoms in total. The molecule has 0 unspecified atom stereocenters. The molecule has 0 atom stereocenters. The fourth-order valence-corrected chi connectivity index (χ4v) is 6.36. The number of imide groups is 2. The summed E-state index contributed by atoms with van der Waals surface area (Å²) in [6, 6.07) is 20.5. The number of hydrogen-bond donors (Lipinski definition) is 1. The van der Waals surface area contributed by atoms with Crippen molar-refractivity contribution in [2.75, 3.05) is 4.90 Å². The molecular weight excluding hydrogens is 616 g/mol. The number of ether oxygens (including phenoxy) is 1. The summed E-state index contributed by atoms with van der Waals surface area (Å²) in [6.07, 6.45) is 0. The largest absolute Gasteiger partial charge is 0.508 e. The van der Waals surface area contributed by atoms with Crippen LogP contribution >= 0.6 is 0 Å². The quantitative estimate of drug-likeness (QED) is 0.215. The van der Waals surface area contributed by atoms with Crippen molar-refractivity contribution < 1.29 is 29.0 Å². The highest BCUT2D eigenvalue weighted by molar-refractivity contribution is 6.34. The second kappa shape index (κ2) is 11.4. The number of aromatic hydroxyl groups is 1. The number of carbonyl (C=O) groups excluding carboxylic acids is 4. The van der Waals surface area contributed by atoms with Gasteiger partial charge in [0, 0.05) is 11.1 Å².